The number of hydrogen-bond acceptors (Lipinski definition) is 2. The molecule has 0 radical (unpaired) electrons. The van der Waals surface area contributed by atoms with E-state index in [9.17, 15) is 4.79 Å². The van der Waals surface area contributed by atoms with Crippen molar-refractivity contribution in [3.8, 4) is 0 Å². The Morgan fingerprint density at radius 3 is 2.94 bits per heavy atom. The minimum atomic E-state index is 0.0920. The van der Waals surface area contributed by atoms with Crippen molar-refractivity contribution in [3.63, 3.8) is 0 Å². The van der Waals surface area contributed by atoms with Crippen LogP contribution in [-0.2, 0) is 17.9 Å². The van der Waals surface area contributed by atoms with Crippen LogP contribution in [0.25, 0.3) is 10.9 Å². The van der Waals surface area contributed by atoms with Crippen molar-refractivity contribution in [1.29, 1.82) is 0 Å². The molecular weight excluding hydrogens is 226 g/mol. The molecule has 0 bridgehead atoms. The van der Waals surface area contributed by atoms with E-state index >= 15 is 0 Å². The van der Waals surface area contributed by atoms with E-state index in [1.807, 2.05) is 25.3 Å². The molecule has 0 spiro atoms. The van der Waals surface area contributed by atoms with Gasteiger partial charge in [-0.15, -0.1) is 0 Å². The average molecular weight is 245 g/mol. The number of nitrogens with zero attached hydrogens (tertiary/aromatic N) is 1. The third kappa shape index (κ3) is 2.54. The topological polar surface area (TPSA) is 60.0 Å². The Morgan fingerprint density at radius 2 is 2.22 bits per heavy atom. The first kappa shape index (κ1) is 12.6. The molecule has 1 amide bonds. The second kappa shape index (κ2) is 5.69. The summed E-state index contributed by atoms with van der Waals surface area (Å²) in [5.74, 6) is 0.0920. The van der Waals surface area contributed by atoms with Gasteiger partial charge in [0.15, 0.2) is 0 Å². The number of nitrogens with one attached hydrogen (secondary N) is 1. The first-order valence-electron chi connectivity index (χ1n) is 6.29. The van der Waals surface area contributed by atoms with Gasteiger partial charge in [0.2, 0.25) is 5.91 Å². The zero-order valence-corrected chi connectivity index (χ0v) is 10.6. The van der Waals surface area contributed by atoms with Crippen LogP contribution in [-0.4, -0.2) is 17.0 Å². The molecule has 1 aromatic heterocycles. The third-order valence-corrected chi connectivity index (χ3v) is 3.08. The zero-order chi connectivity index (χ0) is 13.0. The van der Waals surface area contributed by atoms with Crippen LogP contribution < -0.4 is 11.1 Å². The number of rotatable bonds is 5. The molecule has 0 aliphatic heterocycles. The smallest absolute Gasteiger partial charge is 0.221 e. The molecule has 96 valence electrons. The van der Waals surface area contributed by atoms with Gasteiger partial charge in [0, 0.05) is 43.2 Å². The number of fused-ring (bicyclic) bond motifs is 1. The van der Waals surface area contributed by atoms with Crippen molar-refractivity contribution in [2.24, 2.45) is 5.73 Å². The Balaban J connectivity index is 2.17. The van der Waals surface area contributed by atoms with E-state index in [0.717, 1.165) is 11.1 Å². The van der Waals surface area contributed by atoms with Crippen molar-refractivity contribution in [2.45, 2.75) is 26.4 Å². The van der Waals surface area contributed by atoms with Gasteiger partial charge in [-0.3, -0.25) is 4.79 Å². The van der Waals surface area contributed by atoms with Crippen molar-refractivity contribution >= 4 is 16.8 Å². The fraction of sp³-hybridized carbons (Fsp3) is 0.357. The maximum absolute atomic E-state index is 11.5. The van der Waals surface area contributed by atoms with Crippen LogP contribution in [0.5, 0.6) is 0 Å². The minimum Gasteiger partial charge on any atom is -0.356 e. The highest BCUT2D eigenvalue weighted by molar-refractivity contribution is 5.84. The van der Waals surface area contributed by atoms with Crippen molar-refractivity contribution < 1.29 is 4.79 Å². The van der Waals surface area contributed by atoms with Crippen LogP contribution in [0.4, 0.5) is 0 Å². The van der Waals surface area contributed by atoms with Gasteiger partial charge in [-0.1, -0.05) is 12.1 Å². The standard InChI is InChI=1S/C14H19N3O/c1-2-16-14(18)7-9-17-8-6-12-11(10-15)4-3-5-13(12)17/h3-6,8H,2,7,9-10,15H2,1H3,(H,16,18). The molecule has 2 aromatic rings. The zero-order valence-electron chi connectivity index (χ0n) is 10.6. The van der Waals surface area contributed by atoms with Crippen molar-refractivity contribution in [1.82, 2.24) is 9.88 Å². The molecule has 0 fully saturated rings. The number of carbonyl (C=O) groups excluding carboxylic acids is 1. The van der Waals surface area contributed by atoms with E-state index in [4.69, 9.17) is 5.73 Å². The van der Waals surface area contributed by atoms with Gasteiger partial charge in [0.25, 0.3) is 0 Å². The average Bonchev–Trinajstić information content (AvgIpc) is 2.79. The summed E-state index contributed by atoms with van der Waals surface area (Å²) in [6, 6.07) is 8.17. The molecule has 18 heavy (non-hydrogen) atoms. The monoisotopic (exact) mass is 245 g/mol. The Kier molecular flexibility index (Phi) is 3.99. The number of benzene rings is 1. The van der Waals surface area contributed by atoms with Gasteiger partial charge >= 0.3 is 0 Å². The number of aryl methyl sites for hydroxylation is 1. The number of amides is 1. The Morgan fingerprint density at radius 1 is 1.39 bits per heavy atom. The van der Waals surface area contributed by atoms with Gasteiger partial charge in [-0.05, 0) is 24.6 Å². The largest absolute Gasteiger partial charge is 0.356 e. The molecule has 0 aliphatic carbocycles. The maximum atomic E-state index is 11.5. The Labute approximate surface area is 107 Å². The second-order valence-electron chi connectivity index (χ2n) is 4.27. The fourth-order valence-corrected chi connectivity index (χ4v) is 2.17. The lowest BCUT2D eigenvalue weighted by molar-refractivity contribution is -0.121. The first-order chi connectivity index (χ1) is 8.76. The Bertz CT molecular complexity index is 545. The van der Waals surface area contributed by atoms with Gasteiger partial charge in [0.05, 0.1) is 0 Å². The Hall–Kier alpha value is -1.81. The molecule has 3 N–H and O–H groups in total. The quantitative estimate of drug-likeness (QED) is 0.841. The van der Waals surface area contributed by atoms with Crippen LogP contribution in [0.2, 0.25) is 0 Å². The molecular formula is C14H19N3O. The summed E-state index contributed by atoms with van der Waals surface area (Å²) in [4.78, 5) is 11.5. The maximum Gasteiger partial charge on any atom is 0.221 e. The van der Waals surface area contributed by atoms with Crippen LogP contribution >= 0.6 is 0 Å². The molecule has 0 saturated carbocycles. The minimum absolute atomic E-state index is 0.0920. The predicted octanol–water partition coefficient (Wildman–Crippen LogP) is 1.63. The molecule has 0 atom stereocenters. The summed E-state index contributed by atoms with van der Waals surface area (Å²) in [6.07, 6.45) is 2.52. The third-order valence-electron chi connectivity index (χ3n) is 3.08. The normalized spacial score (nSPS) is 10.8. The number of nitrogens with two attached hydrogens (primary N) is 1. The van der Waals surface area contributed by atoms with Gasteiger partial charge in [-0.25, -0.2) is 0 Å². The van der Waals surface area contributed by atoms with E-state index in [1.54, 1.807) is 0 Å². The predicted molar refractivity (Wildman–Crippen MR) is 73.1 cm³/mol. The molecule has 4 nitrogen and oxygen atoms in total. The van der Waals surface area contributed by atoms with Crippen molar-refractivity contribution in [3.05, 3.63) is 36.0 Å². The lowest BCUT2D eigenvalue weighted by Gasteiger charge is -2.06. The number of aromatic nitrogens is 1. The van der Waals surface area contributed by atoms with E-state index in [2.05, 4.69) is 22.0 Å². The van der Waals surface area contributed by atoms with Crippen LogP contribution in [0, 0.1) is 0 Å². The van der Waals surface area contributed by atoms with E-state index < -0.39 is 0 Å². The summed E-state index contributed by atoms with van der Waals surface area (Å²) < 4.78 is 2.10. The number of carbonyl (C=O) groups is 1. The molecule has 0 aliphatic rings. The van der Waals surface area contributed by atoms with E-state index in [1.165, 1.54) is 5.39 Å². The van der Waals surface area contributed by atoms with Crippen LogP contribution in [0.15, 0.2) is 30.5 Å². The molecule has 0 unspecified atom stereocenters. The molecule has 4 heteroatoms. The molecule has 0 saturated heterocycles. The molecule has 1 aromatic carbocycles. The highest BCUT2D eigenvalue weighted by atomic mass is 16.1. The SMILES string of the molecule is CCNC(=O)CCn1ccc2c(CN)cccc21. The summed E-state index contributed by atoms with van der Waals surface area (Å²) >= 11 is 0. The van der Waals surface area contributed by atoms with Gasteiger partial charge in [-0.2, -0.15) is 0 Å². The lowest BCUT2D eigenvalue weighted by Crippen LogP contribution is -2.23. The summed E-state index contributed by atoms with van der Waals surface area (Å²) in [5.41, 5.74) is 8.00. The summed E-state index contributed by atoms with van der Waals surface area (Å²) in [5, 5.41) is 3.98. The lowest BCUT2D eigenvalue weighted by atomic mass is 10.1. The molecule has 2 rings (SSSR count). The summed E-state index contributed by atoms with van der Waals surface area (Å²) in [7, 11) is 0. The van der Waals surface area contributed by atoms with Gasteiger partial charge in [0.1, 0.15) is 0 Å². The fourth-order valence-electron chi connectivity index (χ4n) is 2.17. The van der Waals surface area contributed by atoms with E-state index in [-0.39, 0.29) is 5.91 Å². The van der Waals surface area contributed by atoms with E-state index in [0.29, 0.717) is 26.1 Å². The number of hydrogen-bond donors (Lipinski definition) is 2. The van der Waals surface area contributed by atoms with Gasteiger partial charge < -0.3 is 15.6 Å². The van der Waals surface area contributed by atoms with Crippen LogP contribution in [0.3, 0.4) is 0 Å². The first-order valence-corrected chi connectivity index (χ1v) is 6.29. The highest BCUT2D eigenvalue weighted by Gasteiger charge is 2.06. The van der Waals surface area contributed by atoms with Crippen LogP contribution in [0.1, 0.15) is 18.9 Å². The highest BCUT2D eigenvalue weighted by Crippen LogP contribution is 2.20. The van der Waals surface area contributed by atoms with Crippen molar-refractivity contribution in [2.75, 3.05) is 6.54 Å². The molecule has 1 heterocycles. The second-order valence-corrected chi connectivity index (χ2v) is 4.27. The summed E-state index contributed by atoms with van der Waals surface area (Å²) in [6.45, 7) is 3.85.